The molecule has 0 atom stereocenters. The maximum absolute atomic E-state index is 10.3. The SMILES string of the molecule is CC(C)CCCCCCCCS(=O)(=O)[O-].[NH4+]. The van der Waals surface area contributed by atoms with Gasteiger partial charge in [-0.05, 0) is 12.3 Å². The Hall–Kier alpha value is -0.130. The van der Waals surface area contributed by atoms with Crippen LogP contribution in [0.5, 0.6) is 0 Å². The average molecular weight is 253 g/mol. The molecule has 0 fully saturated rings. The fraction of sp³-hybridized carbons (Fsp3) is 1.00. The lowest BCUT2D eigenvalue weighted by atomic mass is 10.0. The molecule has 0 amide bonds. The molecule has 0 aliphatic carbocycles. The molecule has 0 spiro atoms. The van der Waals surface area contributed by atoms with Crippen molar-refractivity contribution < 1.29 is 13.0 Å². The molecular weight excluding hydrogens is 226 g/mol. The van der Waals surface area contributed by atoms with E-state index >= 15 is 0 Å². The van der Waals surface area contributed by atoms with E-state index in [1.807, 2.05) is 0 Å². The molecule has 100 valence electrons. The first-order valence-electron chi connectivity index (χ1n) is 5.85. The highest BCUT2D eigenvalue weighted by molar-refractivity contribution is 7.85. The lowest BCUT2D eigenvalue weighted by Crippen LogP contribution is -2.03. The summed E-state index contributed by atoms with van der Waals surface area (Å²) in [6, 6.07) is 0. The summed E-state index contributed by atoms with van der Waals surface area (Å²) in [6.45, 7) is 4.44. The molecule has 0 bridgehead atoms. The van der Waals surface area contributed by atoms with Gasteiger partial charge in [0.15, 0.2) is 0 Å². The highest BCUT2D eigenvalue weighted by atomic mass is 32.2. The molecule has 0 aromatic rings. The van der Waals surface area contributed by atoms with Crippen LogP contribution in [-0.4, -0.2) is 18.7 Å². The molecule has 4 N–H and O–H groups in total. The second-order valence-electron chi connectivity index (χ2n) is 4.57. The van der Waals surface area contributed by atoms with E-state index in [9.17, 15) is 13.0 Å². The van der Waals surface area contributed by atoms with Gasteiger partial charge in [-0.25, -0.2) is 8.42 Å². The van der Waals surface area contributed by atoms with Gasteiger partial charge in [-0.3, -0.25) is 0 Å². The van der Waals surface area contributed by atoms with E-state index in [0.29, 0.717) is 6.42 Å². The van der Waals surface area contributed by atoms with Gasteiger partial charge in [0.2, 0.25) is 0 Å². The van der Waals surface area contributed by atoms with E-state index in [1.54, 1.807) is 0 Å². The summed E-state index contributed by atoms with van der Waals surface area (Å²) >= 11 is 0. The van der Waals surface area contributed by atoms with E-state index in [-0.39, 0.29) is 11.9 Å². The molecule has 0 saturated heterocycles. The van der Waals surface area contributed by atoms with E-state index in [0.717, 1.165) is 25.2 Å². The van der Waals surface area contributed by atoms with Crippen molar-refractivity contribution in [3.8, 4) is 0 Å². The lowest BCUT2D eigenvalue weighted by molar-refractivity contribution is 0.458. The molecule has 0 radical (unpaired) electrons. The summed E-state index contributed by atoms with van der Waals surface area (Å²) < 4.78 is 30.9. The molecule has 0 aliphatic heterocycles. The lowest BCUT2D eigenvalue weighted by Gasteiger charge is -2.06. The quantitative estimate of drug-likeness (QED) is 0.504. The van der Waals surface area contributed by atoms with Gasteiger partial charge in [-0.2, -0.15) is 0 Å². The maximum Gasteiger partial charge on any atom is 0.0945 e. The topological polar surface area (TPSA) is 93.7 Å². The van der Waals surface area contributed by atoms with Crippen molar-refractivity contribution >= 4 is 10.1 Å². The van der Waals surface area contributed by atoms with Crippen LogP contribution in [0, 0.1) is 5.92 Å². The molecule has 0 aromatic heterocycles. The summed E-state index contributed by atoms with van der Waals surface area (Å²) in [7, 11) is -3.98. The van der Waals surface area contributed by atoms with Gasteiger partial charge in [-0.1, -0.05) is 52.4 Å². The van der Waals surface area contributed by atoms with Gasteiger partial charge in [0.1, 0.15) is 0 Å². The van der Waals surface area contributed by atoms with Crippen molar-refractivity contribution in [2.45, 2.75) is 58.8 Å². The smallest absolute Gasteiger partial charge is 0.0945 e. The number of hydrogen-bond acceptors (Lipinski definition) is 3. The summed E-state index contributed by atoms with van der Waals surface area (Å²) in [5.41, 5.74) is 0. The van der Waals surface area contributed by atoms with Crippen LogP contribution in [0.2, 0.25) is 0 Å². The number of hydrogen-bond donors (Lipinski definition) is 1. The summed E-state index contributed by atoms with van der Waals surface area (Å²) in [6.07, 6.45) is 7.35. The predicted octanol–water partition coefficient (Wildman–Crippen LogP) is 3.29. The van der Waals surface area contributed by atoms with Crippen LogP contribution in [0.15, 0.2) is 0 Å². The molecular formula is C11H27NO3S. The fourth-order valence-corrected chi connectivity index (χ4v) is 2.10. The number of rotatable bonds is 9. The van der Waals surface area contributed by atoms with Crippen LogP contribution in [-0.2, 0) is 10.1 Å². The van der Waals surface area contributed by atoms with Gasteiger partial charge in [-0.15, -0.1) is 0 Å². The molecule has 0 rings (SSSR count). The Kier molecular flexibility index (Phi) is 11.5. The Balaban J connectivity index is 0. The molecule has 0 saturated carbocycles. The minimum atomic E-state index is -3.98. The van der Waals surface area contributed by atoms with Gasteiger partial charge in [0, 0.05) is 5.75 Å². The first-order valence-corrected chi connectivity index (χ1v) is 7.43. The van der Waals surface area contributed by atoms with Crippen LogP contribution < -0.4 is 6.15 Å². The normalized spacial score (nSPS) is 11.5. The first kappa shape index (κ1) is 18.2. The second-order valence-corrected chi connectivity index (χ2v) is 6.09. The van der Waals surface area contributed by atoms with E-state index in [2.05, 4.69) is 13.8 Å². The highest BCUT2D eigenvalue weighted by Gasteiger charge is 1.97. The largest absolute Gasteiger partial charge is 0.748 e. The standard InChI is InChI=1S/C11H24O3S.H3N/c1-11(2)9-7-5-3-4-6-8-10-15(12,13)14;/h11H,3-10H2,1-2H3,(H,12,13,14);1H3. The van der Waals surface area contributed by atoms with Crippen molar-refractivity contribution in [3.63, 3.8) is 0 Å². The monoisotopic (exact) mass is 253 g/mol. The van der Waals surface area contributed by atoms with Gasteiger partial charge < -0.3 is 10.7 Å². The summed E-state index contributed by atoms with van der Waals surface area (Å²) in [5.74, 6) is 0.578. The minimum Gasteiger partial charge on any atom is -0.748 e. The molecule has 5 heteroatoms. The van der Waals surface area contributed by atoms with E-state index < -0.39 is 10.1 Å². The van der Waals surface area contributed by atoms with Crippen LogP contribution in [0.1, 0.15) is 58.8 Å². The fourth-order valence-electron chi connectivity index (χ4n) is 1.54. The Morgan fingerprint density at radius 2 is 1.38 bits per heavy atom. The Morgan fingerprint density at radius 1 is 0.938 bits per heavy atom. The zero-order chi connectivity index (χ0) is 11.7. The third kappa shape index (κ3) is 16.3. The van der Waals surface area contributed by atoms with E-state index in [4.69, 9.17) is 0 Å². The Morgan fingerprint density at radius 3 is 1.81 bits per heavy atom. The molecule has 0 unspecified atom stereocenters. The number of unbranched alkanes of at least 4 members (excludes halogenated alkanes) is 5. The molecule has 16 heavy (non-hydrogen) atoms. The average Bonchev–Trinajstić information content (AvgIpc) is 2.07. The van der Waals surface area contributed by atoms with Crippen LogP contribution in [0.25, 0.3) is 0 Å². The number of quaternary nitrogens is 1. The van der Waals surface area contributed by atoms with Crippen LogP contribution in [0.3, 0.4) is 0 Å². The van der Waals surface area contributed by atoms with Crippen molar-refractivity contribution in [2.75, 3.05) is 5.75 Å². The van der Waals surface area contributed by atoms with Crippen molar-refractivity contribution in [3.05, 3.63) is 0 Å². The van der Waals surface area contributed by atoms with Gasteiger partial charge >= 0.3 is 0 Å². The maximum atomic E-state index is 10.3. The Bertz CT molecular complexity index is 238. The molecule has 0 aliphatic rings. The molecule has 4 nitrogen and oxygen atoms in total. The van der Waals surface area contributed by atoms with Crippen molar-refractivity contribution in [1.82, 2.24) is 6.15 Å². The zero-order valence-electron chi connectivity index (χ0n) is 10.9. The summed E-state index contributed by atoms with van der Waals surface area (Å²) in [4.78, 5) is 0. The molecule has 0 heterocycles. The minimum absolute atomic E-state index is 0. The van der Waals surface area contributed by atoms with Gasteiger partial charge in [0.25, 0.3) is 0 Å². The van der Waals surface area contributed by atoms with Crippen LogP contribution >= 0.6 is 0 Å². The van der Waals surface area contributed by atoms with E-state index in [1.165, 1.54) is 19.3 Å². The third-order valence-electron chi connectivity index (χ3n) is 2.43. The zero-order valence-corrected chi connectivity index (χ0v) is 11.7. The van der Waals surface area contributed by atoms with Crippen molar-refractivity contribution in [1.29, 1.82) is 0 Å². The molecule has 0 aromatic carbocycles. The van der Waals surface area contributed by atoms with Gasteiger partial charge in [0.05, 0.1) is 10.1 Å². The summed E-state index contributed by atoms with van der Waals surface area (Å²) in [5, 5.41) is 0. The van der Waals surface area contributed by atoms with Crippen molar-refractivity contribution in [2.24, 2.45) is 5.92 Å². The first-order chi connectivity index (χ1) is 6.92. The van der Waals surface area contributed by atoms with Crippen LogP contribution in [0.4, 0.5) is 0 Å². The Labute approximate surface area is 100 Å². The second kappa shape index (κ2) is 10.1. The highest BCUT2D eigenvalue weighted by Crippen LogP contribution is 2.11. The third-order valence-corrected chi connectivity index (χ3v) is 3.21. The predicted molar refractivity (Wildman–Crippen MR) is 67.7 cm³/mol.